The second kappa shape index (κ2) is 4.48. The molecular weight excluding hydrogens is 234 g/mol. The van der Waals surface area contributed by atoms with E-state index in [-0.39, 0.29) is 24.1 Å². The zero-order valence-electron chi connectivity index (χ0n) is 9.43. The summed E-state index contributed by atoms with van der Waals surface area (Å²) in [6.45, 7) is 1.89. The molecule has 92 valence electrons. The molecule has 1 aromatic rings. The zero-order valence-corrected chi connectivity index (χ0v) is 10.2. The predicted molar refractivity (Wildman–Crippen MR) is 56.3 cm³/mol. The molecule has 2 N–H and O–H groups in total. The number of hydrogen-bond acceptors (Lipinski definition) is 7. The zero-order chi connectivity index (χ0) is 12.4. The Kier molecular flexibility index (Phi) is 3.66. The fourth-order valence-corrected chi connectivity index (χ4v) is 1.70. The normalized spacial score (nSPS) is 16.0. The van der Waals surface area contributed by atoms with Gasteiger partial charge in [-0.15, -0.1) is 0 Å². The first-order valence-electron chi connectivity index (χ1n) is 4.53. The van der Waals surface area contributed by atoms with Gasteiger partial charge in [-0.25, -0.2) is 8.42 Å². The van der Waals surface area contributed by atoms with E-state index in [2.05, 4.69) is 10.1 Å². The largest absolute Gasteiger partial charge is 0.382 e. The summed E-state index contributed by atoms with van der Waals surface area (Å²) >= 11 is 0. The summed E-state index contributed by atoms with van der Waals surface area (Å²) in [5.41, 5.74) is 4.97. The van der Waals surface area contributed by atoms with Crippen molar-refractivity contribution in [1.29, 1.82) is 0 Å². The number of ether oxygens (including phenoxy) is 1. The van der Waals surface area contributed by atoms with Gasteiger partial charge in [-0.05, 0) is 6.92 Å². The van der Waals surface area contributed by atoms with Gasteiger partial charge < -0.3 is 15.0 Å². The Bertz CT molecular complexity index is 452. The molecule has 7 nitrogen and oxygen atoms in total. The quantitative estimate of drug-likeness (QED) is 0.744. The van der Waals surface area contributed by atoms with Crippen LogP contribution in [0.4, 0.5) is 0 Å². The molecule has 0 radical (unpaired) electrons. The predicted octanol–water partition coefficient (Wildman–Crippen LogP) is -0.565. The Balaban J connectivity index is 2.87. The molecule has 16 heavy (non-hydrogen) atoms. The molecule has 1 heterocycles. The Hall–Kier alpha value is -0.990. The lowest BCUT2D eigenvalue weighted by molar-refractivity contribution is 0.135. The Morgan fingerprint density at radius 2 is 2.19 bits per heavy atom. The molecule has 8 heteroatoms. The number of sulfone groups is 1. The van der Waals surface area contributed by atoms with Gasteiger partial charge in [0.2, 0.25) is 5.89 Å². The highest BCUT2D eigenvalue weighted by molar-refractivity contribution is 7.89. The molecule has 0 saturated heterocycles. The molecule has 0 spiro atoms. The monoisotopic (exact) mass is 249 g/mol. The summed E-state index contributed by atoms with van der Waals surface area (Å²) in [4.78, 5) is 3.92. The molecule has 0 bridgehead atoms. The lowest BCUT2D eigenvalue weighted by Gasteiger charge is -2.18. The minimum absolute atomic E-state index is 0.0327. The summed E-state index contributed by atoms with van der Waals surface area (Å²) in [6, 6.07) is 0. The molecule has 0 amide bonds. The second-order valence-corrected chi connectivity index (χ2v) is 6.07. The number of nitrogens with zero attached hydrogens (tertiary/aromatic N) is 2. The summed E-state index contributed by atoms with van der Waals surface area (Å²) < 4.78 is 31.7. The van der Waals surface area contributed by atoms with Crippen LogP contribution in [0.5, 0.6) is 0 Å². The van der Waals surface area contributed by atoms with E-state index in [1.807, 2.05) is 0 Å². The summed E-state index contributed by atoms with van der Waals surface area (Å²) in [5.74, 6) is -0.0263. The minimum atomic E-state index is -3.19. The maximum absolute atomic E-state index is 11.0. The smallest absolute Gasteiger partial charge is 0.241 e. The molecular formula is C8H15N3O4S. The molecule has 0 aromatic carbocycles. The fraction of sp³-hybridized carbons (Fsp3) is 0.750. The van der Waals surface area contributed by atoms with Gasteiger partial charge in [0.05, 0.1) is 6.61 Å². The van der Waals surface area contributed by atoms with Crippen molar-refractivity contribution in [3.63, 3.8) is 0 Å². The lowest BCUT2D eigenvalue weighted by atomic mass is 10.1. The van der Waals surface area contributed by atoms with Crippen LogP contribution in [0.25, 0.3) is 0 Å². The average molecular weight is 249 g/mol. The van der Waals surface area contributed by atoms with Gasteiger partial charge in [0.15, 0.2) is 15.7 Å². The number of aromatic nitrogens is 2. The Morgan fingerprint density at radius 3 is 2.69 bits per heavy atom. The number of rotatable bonds is 5. The van der Waals surface area contributed by atoms with Crippen molar-refractivity contribution in [2.45, 2.75) is 18.2 Å². The average Bonchev–Trinajstić information content (AvgIpc) is 2.49. The van der Waals surface area contributed by atoms with Gasteiger partial charge in [-0.3, -0.25) is 0 Å². The van der Waals surface area contributed by atoms with E-state index in [0.717, 1.165) is 6.26 Å². The van der Waals surface area contributed by atoms with E-state index in [0.29, 0.717) is 0 Å². The number of nitrogens with two attached hydrogens (primary N) is 1. The van der Waals surface area contributed by atoms with E-state index in [4.69, 9.17) is 15.0 Å². The van der Waals surface area contributed by atoms with Crippen molar-refractivity contribution in [1.82, 2.24) is 10.1 Å². The Morgan fingerprint density at radius 1 is 1.56 bits per heavy atom. The van der Waals surface area contributed by atoms with Crippen LogP contribution in [0.1, 0.15) is 18.6 Å². The maximum Gasteiger partial charge on any atom is 0.241 e. The fourth-order valence-electron chi connectivity index (χ4n) is 1.13. The molecule has 1 rings (SSSR count). The van der Waals surface area contributed by atoms with Crippen LogP contribution in [0.15, 0.2) is 4.52 Å². The minimum Gasteiger partial charge on any atom is -0.382 e. The second-order valence-electron chi connectivity index (χ2n) is 3.93. The summed E-state index contributed by atoms with van der Waals surface area (Å²) in [5, 5.41) is 3.64. The van der Waals surface area contributed by atoms with E-state index in [9.17, 15) is 8.42 Å². The topological polar surface area (TPSA) is 108 Å². The van der Waals surface area contributed by atoms with Crippen molar-refractivity contribution in [3.05, 3.63) is 11.7 Å². The molecule has 0 fully saturated rings. The van der Waals surface area contributed by atoms with Crippen LogP contribution in [0.2, 0.25) is 0 Å². The van der Waals surface area contributed by atoms with Gasteiger partial charge in [0, 0.05) is 13.4 Å². The van der Waals surface area contributed by atoms with Crippen LogP contribution in [-0.4, -0.2) is 38.5 Å². The number of hydrogen-bond donors (Lipinski definition) is 1. The molecule has 1 aromatic heterocycles. The van der Waals surface area contributed by atoms with E-state index in [1.165, 1.54) is 7.11 Å². The highest BCUT2D eigenvalue weighted by Crippen LogP contribution is 2.15. The van der Waals surface area contributed by atoms with Crippen LogP contribution < -0.4 is 5.73 Å². The molecule has 1 atom stereocenters. The third kappa shape index (κ3) is 3.54. The van der Waals surface area contributed by atoms with Crippen molar-refractivity contribution in [2.24, 2.45) is 5.73 Å². The Labute approximate surface area is 93.9 Å². The summed E-state index contributed by atoms with van der Waals surface area (Å²) in [7, 11) is -1.69. The van der Waals surface area contributed by atoms with Gasteiger partial charge in [-0.1, -0.05) is 5.16 Å². The lowest BCUT2D eigenvalue weighted by Crippen LogP contribution is -2.39. The van der Waals surface area contributed by atoms with E-state index >= 15 is 0 Å². The standard InChI is InChI=1S/C8H15N3O4S/c1-8(9,5-14-2)7-10-6(15-11-7)4-16(3,12)13/h4-5,9H2,1-3H3. The highest BCUT2D eigenvalue weighted by atomic mass is 32.2. The first kappa shape index (κ1) is 13.1. The highest BCUT2D eigenvalue weighted by Gasteiger charge is 2.28. The first-order chi connectivity index (χ1) is 7.24. The van der Waals surface area contributed by atoms with Crippen LogP contribution in [0, 0.1) is 0 Å². The molecule has 0 aliphatic carbocycles. The third-order valence-corrected chi connectivity index (χ3v) is 2.58. The van der Waals surface area contributed by atoms with E-state index < -0.39 is 15.4 Å². The molecule has 0 saturated carbocycles. The number of methoxy groups -OCH3 is 1. The van der Waals surface area contributed by atoms with Gasteiger partial charge >= 0.3 is 0 Å². The van der Waals surface area contributed by atoms with Crippen LogP contribution in [-0.2, 0) is 25.9 Å². The van der Waals surface area contributed by atoms with Crippen molar-refractivity contribution in [3.8, 4) is 0 Å². The van der Waals surface area contributed by atoms with Crippen LogP contribution in [0.3, 0.4) is 0 Å². The first-order valence-corrected chi connectivity index (χ1v) is 6.59. The van der Waals surface area contributed by atoms with Crippen molar-refractivity contribution < 1.29 is 17.7 Å². The van der Waals surface area contributed by atoms with Crippen LogP contribution >= 0.6 is 0 Å². The van der Waals surface area contributed by atoms with Crippen molar-refractivity contribution >= 4 is 9.84 Å². The molecule has 0 aliphatic rings. The van der Waals surface area contributed by atoms with Gasteiger partial charge in [0.25, 0.3) is 0 Å². The van der Waals surface area contributed by atoms with Gasteiger partial charge in [-0.2, -0.15) is 4.98 Å². The molecule has 1 unspecified atom stereocenters. The van der Waals surface area contributed by atoms with E-state index in [1.54, 1.807) is 6.92 Å². The van der Waals surface area contributed by atoms with Gasteiger partial charge in [0.1, 0.15) is 11.3 Å². The van der Waals surface area contributed by atoms with Crippen molar-refractivity contribution in [2.75, 3.05) is 20.0 Å². The molecule has 0 aliphatic heterocycles. The SMILES string of the molecule is COCC(C)(N)c1noc(CS(C)(=O)=O)n1. The third-order valence-electron chi connectivity index (χ3n) is 1.81. The maximum atomic E-state index is 11.0. The summed E-state index contributed by atoms with van der Waals surface area (Å²) in [6.07, 6.45) is 1.09.